The van der Waals surface area contributed by atoms with Crippen LogP contribution in [0.1, 0.15) is 11.1 Å². The zero-order valence-corrected chi connectivity index (χ0v) is 11.2. The van der Waals surface area contributed by atoms with Gasteiger partial charge >= 0.3 is 6.09 Å². The fourth-order valence-corrected chi connectivity index (χ4v) is 1.83. The average Bonchev–Trinajstić information content (AvgIpc) is 2.48. The van der Waals surface area contributed by atoms with Gasteiger partial charge in [-0.2, -0.15) is 5.26 Å². The molecule has 4 nitrogen and oxygen atoms in total. The molecule has 0 aliphatic rings. The van der Waals surface area contributed by atoms with E-state index in [0.29, 0.717) is 5.02 Å². The molecular formula is C15H11ClN2O2. The lowest BCUT2D eigenvalue weighted by Gasteiger charge is -2.09. The molecule has 2 aromatic carbocycles. The molecule has 0 bridgehead atoms. The highest BCUT2D eigenvalue weighted by molar-refractivity contribution is 6.34. The first-order valence-corrected chi connectivity index (χ1v) is 6.25. The minimum atomic E-state index is -0.654. The third kappa shape index (κ3) is 3.50. The Hall–Kier alpha value is -2.51. The van der Waals surface area contributed by atoms with E-state index in [-0.39, 0.29) is 17.9 Å². The SMILES string of the molecule is N#Cc1cccc(Cl)c1NC(=O)OCc1ccccc1. The maximum atomic E-state index is 11.7. The van der Waals surface area contributed by atoms with Crippen LogP contribution in [0.5, 0.6) is 0 Å². The smallest absolute Gasteiger partial charge is 0.412 e. The minimum absolute atomic E-state index is 0.152. The van der Waals surface area contributed by atoms with Crippen LogP contribution >= 0.6 is 11.6 Å². The van der Waals surface area contributed by atoms with Gasteiger partial charge in [-0.05, 0) is 17.7 Å². The van der Waals surface area contributed by atoms with Crippen molar-refractivity contribution in [2.75, 3.05) is 5.32 Å². The van der Waals surface area contributed by atoms with E-state index < -0.39 is 6.09 Å². The summed E-state index contributed by atoms with van der Waals surface area (Å²) in [4.78, 5) is 11.7. The molecule has 0 unspecified atom stereocenters. The summed E-state index contributed by atoms with van der Waals surface area (Å²) in [5.41, 5.74) is 1.42. The lowest BCUT2D eigenvalue weighted by atomic mass is 10.2. The van der Waals surface area contributed by atoms with Crippen molar-refractivity contribution in [2.24, 2.45) is 0 Å². The van der Waals surface area contributed by atoms with E-state index in [2.05, 4.69) is 5.32 Å². The van der Waals surface area contributed by atoms with Crippen molar-refractivity contribution in [1.82, 2.24) is 0 Å². The van der Waals surface area contributed by atoms with E-state index in [4.69, 9.17) is 21.6 Å². The first-order valence-electron chi connectivity index (χ1n) is 5.87. The lowest BCUT2D eigenvalue weighted by Crippen LogP contribution is -2.14. The van der Waals surface area contributed by atoms with E-state index in [1.165, 1.54) is 0 Å². The molecule has 0 fully saturated rings. The van der Waals surface area contributed by atoms with Crippen molar-refractivity contribution in [3.8, 4) is 6.07 Å². The molecule has 0 spiro atoms. The number of nitriles is 1. The molecule has 0 heterocycles. The second-order valence-corrected chi connectivity index (χ2v) is 4.37. The van der Waals surface area contributed by atoms with Gasteiger partial charge in [-0.1, -0.05) is 48.0 Å². The molecule has 0 saturated carbocycles. The number of nitrogens with one attached hydrogen (secondary N) is 1. The molecule has 0 aromatic heterocycles. The van der Waals surface area contributed by atoms with Gasteiger partial charge in [0.05, 0.1) is 16.3 Å². The summed E-state index contributed by atoms with van der Waals surface area (Å²) >= 11 is 5.95. The number of hydrogen-bond donors (Lipinski definition) is 1. The predicted molar refractivity (Wildman–Crippen MR) is 76.4 cm³/mol. The Morgan fingerprint density at radius 1 is 1.20 bits per heavy atom. The molecule has 1 N–H and O–H groups in total. The van der Waals surface area contributed by atoms with Crippen molar-refractivity contribution in [3.05, 3.63) is 64.7 Å². The fraction of sp³-hybridized carbons (Fsp3) is 0.0667. The summed E-state index contributed by atoms with van der Waals surface area (Å²) in [5, 5.41) is 11.7. The van der Waals surface area contributed by atoms with Crippen molar-refractivity contribution in [2.45, 2.75) is 6.61 Å². The van der Waals surface area contributed by atoms with Crippen molar-refractivity contribution >= 4 is 23.4 Å². The van der Waals surface area contributed by atoms with Gasteiger partial charge in [0, 0.05) is 0 Å². The Morgan fingerprint density at radius 2 is 1.95 bits per heavy atom. The standard InChI is InChI=1S/C15H11ClN2O2/c16-13-8-4-7-12(9-17)14(13)18-15(19)20-10-11-5-2-1-3-6-11/h1-8H,10H2,(H,18,19). The quantitative estimate of drug-likeness (QED) is 0.929. The molecule has 0 atom stereocenters. The lowest BCUT2D eigenvalue weighted by molar-refractivity contribution is 0.155. The maximum absolute atomic E-state index is 11.7. The summed E-state index contributed by atoms with van der Waals surface area (Å²) in [6, 6.07) is 16.1. The molecule has 20 heavy (non-hydrogen) atoms. The third-order valence-corrected chi connectivity index (χ3v) is 2.89. The Bertz CT molecular complexity index is 651. The zero-order chi connectivity index (χ0) is 14.4. The predicted octanol–water partition coefficient (Wildman–Crippen LogP) is 3.96. The van der Waals surface area contributed by atoms with Gasteiger partial charge in [-0.3, -0.25) is 5.32 Å². The van der Waals surface area contributed by atoms with Crippen molar-refractivity contribution in [1.29, 1.82) is 5.26 Å². The Labute approximate surface area is 121 Å². The number of ether oxygens (including phenoxy) is 1. The third-order valence-electron chi connectivity index (χ3n) is 2.57. The van der Waals surface area contributed by atoms with Gasteiger partial charge in [0.15, 0.2) is 0 Å². The highest BCUT2D eigenvalue weighted by atomic mass is 35.5. The summed E-state index contributed by atoms with van der Waals surface area (Å²) < 4.78 is 5.07. The number of carbonyl (C=O) groups is 1. The molecule has 0 aliphatic heterocycles. The van der Waals surface area contributed by atoms with Gasteiger partial charge in [0.2, 0.25) is 0 Å². The second-order valence-electron chi connectivity index (χ2n) is 3.96. The van der Waals surface area contributed by atoms with Crippen LogP contribution in [0.3, 0.4) is 0 Å². The molecule has 0 radical (unpaired) electrons. The van der Waals surface area contributed by atoms with Gasteiger partial charge in [-0.25, -0.2) is 4.79 Å². The number of para-hydroxylation sites is 1. The van der Waals surface area contributed by atoms with Crippen LogP contribution in [0.25, 0.3) is 0 Å². The number of nitrogens with zero attached hydrogens (tertiary/aromatic N) is 1. The Kier molecular flexibility index (Phi) is 4.59. The van der Waals surface area contributed by atoms with Crippen LogP contribution in [-0.2, 0) is 11.3 Å². The van der Waals surface area contributed by atoms with Crippen LogP contribution in [0.4, 0.5) is 10.5 Å². The van der Waals surface area contributed by atoms with Crippen molar-refractivity contribution in [3.63, 3.8) is 0 Å². The van der Waals surface area contributed by atoms with Crippen LogP contribution in [0.2, 0.25) is 5.02 Å². The van der Waals surface area contributed by atoms with Gasteiger partial charge in [0.1, 0.15) is 12.7 Å². The normalized spacial score (nSPS) is 9.60. The number of rotatable bonds is 3. The maximum Gasteiger partial charge on any atom is 0.412 e. The average molecular weight is 287 g/mol. The molecular weight excluding hydrogens is 276 g/mol. The zero-order valence-electron chi connectivity index (χ0n) is 10.5. The highest BCUT2D eigenvalue weighted by Gasteiger charge is 2.11. The van der Waals surface area contributed by atoms with Gasteiger partial charge in [0.25, 0.3) is 0 Å². The number of benzene rings is 2. The number of amides is 1. The van der Waals surface area contributed by atoms with Gasteiger partial charge in [-0.15, -0.1) is 0 Å². The first-order chi connectivity index (χ1) is 9.70. The Balaban J connectivity index is 2.01. The second kappa shape index (κ2) is 6.60. The number of carbonyl (C=O) groups excluding carboxylic acids is 1. The van der Waals surface area contributed by atoms with Gasteiger partial charge < -0.3 is 4.74 Å². The number of anilines is 1. The van der Waals surface area contributed by atoms with Crippen LogP contribution in [-0.4, -0.2) is 6.09 Å². The summed E-state index contributed by atoms with van der Waals surface area (Å²) in [6.45, 7) is 0.152. The van der Waals surface area contributed by atoms with Crippen LogP contribution < -0.4 is 5.32 Å². The minimum Gasteiger partial charge on any atom is -0.444 e. The molecule has 5 heteroatoms. The molecule has 0 saturated heterocycles. The number of halogens is 1. The Morgan fingerprint density at radius 3 is 2.65 bits per heavy atom. The van der Waals surface area contributed by atoms with Crippen molar-refractivity contribution < 1.29 is 9.53 Å². The van der Waals surface area contributed by atoms with E-state index >= 15 is 0 Å². The van der Waals surface area contributed by atoms with E-state index in [1.807, 2.05) is 36.4 Å². The molecule has 1 amide bonds. The molecule has 0 aliphatic carbocycles. The van der Waals surface area contributed by atoms with Crippen LogP contribution in [0, 0.1) is 11.3 Å². The van der Waals surface area contributed by atoms with E-state index in [1.54, 1.807) is 18.2 Å². The van der Waals surface area contributed by atoms with E-state index in [9.17, 15) is 4.79 Å². The largest absolute Gasteiger partial charge is 0.444 e. The summed E-state index contributed by atoms with van der Waals surface area (Å²) in [6.07, 6.45) is -0.654. The number of hydrogen-bond acceptors (Lipinski definition) is 3. The van der Waals surface area contributed by atoms with E-state index in [0.717, 1.165) is 5.56 Å². The summed E-state index contributed by atoms with van der Waals surface area (Å²) in [5.74, 6) is 0. The monoisotopic (exact) mass is 286 g/mol. The fourth-order valence-electron chi connectivity index (χ4n) is 1.61. The molecule has 2 aromatic rings. The molecule has 100 valence electrons. The van der Waals surface area contributed by atoms with Crippen LogP contribution in [0.15, 0.2) is 48.5 Å². The molecule has 2 rings (SSSR count). The summed E-state index contributed by atoms with van der Waals surface area (Å²) in [7, 11) is 0. The highest BCUT2D eigenvalue weighted by Crippen LogP contribution is 2.25. The topological polar surface area (TPSA) is 62.1 Å². The first kappa shape index (κ1) is 13.9.